The summed E-state index contributed by atoms with van der Waals surface area (Å²) in [5.74, 6) is -0.154. The van der Waals surface area contributed by atoms with Crippen LogP contribution >= 0.6 is 0 Å². The fourth-order valence-corrected chi connectivity index (χ4v) is 2.21. The molecule has 3 aromatic rings. The largest absolute Gasteiger partial charge is 0.347 e. The van der Waals surface area contributed by atoms with E-state index < -0.39 is 0 Å². The lowest BCUT2D eigenvalue weighted by Crippen LogP contribution is -2.23. The number of amides is 1. The third kappa shape index (κ3) is 2.52. The number of nitrogens with zero attached hydrogens (tertiary/aromatic N) is 1. The van der Waals surface area contributed by atoms with Crippen molar-refractivity contribution in [2.75, 3.05) is 0 Å². The predicted molar refractivity (Wildman–Crippen MR) is 79.4 cm³/mol. The van der Waals surface area contributed by atoms with Crippen LogP contribution in [0.4, 0.5) is 0 Å². The minimum atomic E-state index is -0.154. The molecule has 3 heteroatoms. The van der Waals surface area contributed by atoms with Crippen molar-refractivity contribution < 1.29 is 4.79 Å². The zero-order valence-corrected chi connectivity index (χ0v) is 10.9. The van der Waals surface area contributed by atoms with Crippen molar-refractivity contribution >= 4 is 16.7 Å². The van der Waals surface area contributed by atoms with Crippen molar-refractivity contribution in [3.8, 4) is 0 Å². The Morgan fingerprint density at radius 2 is 1.75 bits per heavy atom. The minimum Gasteiger partial charge on any atom is -0.347 e. The second-order valence-electron chi connectivity index (χ2n) is 4.54. The van der Waals surface area contributed by atoms with Crippen LogP contribution < -0.4 is 5.32 Å². The molecule has 0 aliphatic rings. The van der Waals surface area contributed by atoms with Gasteiger partial charge in [0.1, 0.15) is 5.69 Å². The van der Waals surface area contributed by atoms with Gasteiger partial charge in [0.2, 0.25) is 0 Å². The molecule has 2 aromatic carbocycles. The van der Waals surface area contributed by atoms with E-state index in [1.54, 1.807) is 24.4 Å². The summed E-state index contributed by atoms with van der Waals surface area (Å²) in [4.78, 5) is 16.0. The quantitative estimate of drug-likeness (QED) is 0.787. The summed E-state index contributed by atoms with van der Waals surface area (Å²) in [6, 6.07) is 19.6. The third-order valence-corrected chi connectivity index (χ3v) is 3.22. The van der Waals surface area contributed by atoms with E-state index in [9.17, 15) is 4.79 Å². The molecular formula is C17H14N2O. The van der Waals surface area contributed by atoms with Gasteiger partial charge < -0.3 is 5.32 Å². The Labute approximate surface area is 117 Å². The van der Waals surface area contributed by atoms with Crippen LogP contribution in [-0.4, -0.2) is 10.9 Å². The molecule has 0 radical (unpaired) electrons. The molecule has 0 atom stereocenters. The summed E-state index contributed by atoms with van der Waals surface area (Å²) in [5.41, 5.74) is 1.54. The lowest BCUT2D eigenvalue weighted by molar-refractivity contribution is 0.0946. The van der Waals surface area contributed by atoms with Gasteiger partial charge in [0.25, 0.3) is 5.91 Å². The highest BCUT2D eigenvalue weighted by atomic mass is 16.1. The van der Waals surface area contributed by atoms with Gasteiger partial charge in [-0.1, -0.05) is 48.5 Å². The zero-order chi connectivity index (χ0) is 13.8. The molecule has 0 fully saturated rings. The number of nitrogens with one attached hydrogen (secondary N) is 1. The van der Waals surface area contributed by atoms with E-state index >= 15 is 0 Å². The number of aromatic nitrogens is 1. The Balaban J connectivity index is 1.79. The molecule has 3 nitrogen and oxygen atoms in total. The lowest BCUT2D eigenvalue weighted by atomic mass is 10.0. The summed E-state index contributed by atoms with van der Waals surface area (Å²) < 4.78 is 0. The van der Waals surface area contributed by atoms with E-state index in [1.165, 1.54) is 5.39 Å². The molecule has 0 spiro atoms. The Morgan fingerprint density at radius 3 is 2.60 bits per heavy atom. The first-order valence-corrected chi connectivity index (χ1v) is 6.50. The second-order valence-corrected chi connectivity index (χ2v) is 4.54. The molecule has 0 saturated heterocycles. The molecule has 1 amide bonds. The number of pyridine rings is 1. The summed E-state index contributed by atoms with van der Waals surface area (Å²) >= 11 is 0. The highest BCUT2D eigenvalue weighted by molar-refractivity contribution is 5.92. The first-order chi connectivity index (χ1) is 9.84. The Kier molecular flexibility index (Phi) is 3.42. The van der Waals surface area contributed by atoms with Crippen molar-refractivity contribution in [1.82, 2.24) is 10.3 Å². The van der Waals surface area contributed by atoms with Gasteiger partial charge in [-0.05, 0) is 28.5 Å². The average Bonchev–Trinajstić information content (AvgIpc) is 2.53. The van der Waals surface area contributed by atoms with Gasteiger partial charge in [0.15, 0.2) is 0 Å². The summed E-state index contributed by atoms with van der Waals surface area (Å²) in [6.07, 6.45) is 1.62. The number of carbonyl (C=O) groups excluding carboxylic acids is 1. The summed E-state index contributed by atoms with van der Waals surface area (Å²) in [5, 5.41) is 5.25. The molecular weight excluding hydrogens is 248 g/mol. The van der Waals surface area contributed by atoms with Gasteiger partial charge in [-0.25, -0.2) is 0 Å². The van der Waals surface area contributed by atoms with Crippen molar-refractivity contribution in [2.45, 2.75) is 6.54 Å². The number of hydrogen-bond donors (Lipinski definition) is 1. The van der Waals surface area contributed by atoms with Crippen molar-refractivity contribution in [3.63, 3.8) is 0 Å². The summed E-state index contributed by atoms with van der Waals surface area (Å²) in [6.45, 7) is 0.497. The molecule has 1 heterocycles. The van der Waals surface area contributed by atoms with Crippen LogP contribution in [-0.2, 0) is 6.54 Å². The molecule has 0 saturated carbocycles. The van der Waals surface area contributed by atoms with Gasteiger partial charge >= 0.3 is 0 Å². The maximum Gasteiger partial charge on any atom is 0.270 e. The van der Waals surface area contributed by atoms with Crippen LogP contribution in [0.2, 0.25) is 0 Å². The predicted octanol–water partition coefficient (Wildman–Crippen LogP) is 3.16. The monoisotopic (exact) mass is 262 g/mol. The van der Waals surface area contributed by atoms with Crippen molar-refractivity contribution in [1.29, 1.82) is 0 Å². The maximum atomic E-state index is 12.0. The van der Waals surface area contributed by atoms with E-state index in [0.717, 1.165) is 10.9 Å². The molecule has 1 N–H and O–H groups in total. The first kappa shape index (κ1) is 12.4. The number of carbonyl (C=O) groups is 1. The average molecular weight is 262 g/mol. The minimum absolute atomic E-state index is 0.154. The van der Waals surface area contributed by atoms with Gasteiger partial charge in [0.05, 0.1) is 0 Å². The number of fused-ring (bicyclic) bond motifs is 1. The SMILES string of the molecule is O=C(NCc1cccc2ccccc12)c1ccccn1. The zero-order valence-electron chi connectivity index (χ0n) is 10.9. The molecule has 20 heavy (non-hydrogen) atoms. The van der Waals surface area contributed by atoms with Crippen LogP contribution in [0, 0.1) is 0 Å². The fraction of sp³-hybridized carbons (Fsp3) is 0.0588. The fourth-order valence-electron chi connectivity index (χ4n) is 2.21. The highest BCUT2D eigenvalue weighted by Crippen LogP contribution is 2.18. The Morgan fingerprint density at radius 1 is 0.950 bits per heavy atom. The third-order valence-electron chi connectivity index (χ3n) is 3.22. The van der Waals surface area contributed by atoms with E-state index in [2.05, 4.69) is 28.5 Å². The van der Waals surface area contributed by atoms with Gasteiger partial charge in [-0.3, -0.25) is 9.78 Å². The number of benzene rings is 2. The first-order valence-electron chi connectivity index (χ1n) is 6.50. The van der Waals surface area contributed by atoms with Crippen molar-refractivity contribution in [2.24, 2.45) is 0 Å². The second kappa shape index (κ2) is 5.53. The number of hydrogen-bond acceptors (Lipinski definition) is 2. The van der Waals surface area contributed by atoms with Gasteiger partial charge in [0, 0.05) is 12.7 Å². The molecule has 0 unspecified atom stereocenters. The van der Waals surface area contributed by atoms with E-state index in [-0.39, 0.29) is 5.91 Å². The molecule has 1 aromatic heterocycles. The van der Waals surface area contributed by atoms with Crippen LogP contribution in [0.25, 0.3) is 10.8 Å². The lowest BCUT2D eigenvalue weighted by Gasteiger charge is -2.08. The molecule has 98 valence electrons. The maximum absolute atomic E-state index is 12.0. The highest BCUT2D eigenvalue weighted by Gasteiger charge is 2.06. The summed E-state index contributed by atoms with van der Waals surface area (Å²) in [7, 11) is 0. The molecule has 0 bridgehead atoms. The van der Waals surface area contributed by atoms with E-state index in [4.69, 9.17) is 0 Å². The van der Waals surface area contributed by atoms with E-state index in [1.807, 2.05) is 24.3 Å². The molecule has 0 aliphatic carbocycles. The molecule has 0 aliphatic heterocycles. The van der Waals surface area contributed by atoms with Crippen LogP contribution in [0.5, 0.6) is 0 Å². The molecule has 3 rings (SSSR count). The van der Waals surface area contributed by atoms with Crippen LogP contribution in [0.1, 0.15) is 16.1 Å². The van der Waals surface area contributed by atoms with Crippen molar-refractivity contribution in [3.05, 3.63) is 78.1 Å². The van der Waals surface area contributed by atoms with Gasteiger partial charge in [-0.2, -0.15) is 0 Å². The normalized spacial score (nSPS) is 10.4. The Hall–Kier alpha value is -2.68. The van der Waals surface area contributed by atoms with E-state index in [0.29, 0.717) is 12.2 Å². The topological polar surface area (TPSA) is 42.0 Å². The van der Waals surface area contributed by atoms with Crippen LogP contribution in [0.15, 0.2) is 66.9 Å². The van der Waals surface area contributed by atoms with Crippen LogP contribution in [0.3, 0.4) is 0 Å². The standard InChI is InChI=1S/C17H14N2O/c20-17(16-10-3-4-11-18-16)19-12-14-8-5-7-13-6-1-2-9-15(13)14/h1-11H,12H2,(H,19,20). The number of rotatable bonds is 3. The van der Waals surface area contributed by atoms with Gasteiger partial charge in [-0.15, -0.1) is 0 Å². The Bertz CT molecular complexity index is 733. The smallest absolute Gasteiger partial charge is 0.270 e.